The Hall–Kier alpha value is -1.64. The first-order chi connectivity index (χ1) is 8.54. The third-order valence-corrected chi connectivity index (χ3v) is 3.54. The number of nitrogens with one attached hydrogen (secondary N) is 3. The summed E-state index contributed by atoms with van der Waals surface area (Å²) in [4.78, 5) is 35.1. The summed E-state index contributed by atoms with van der Waals surface area (Å²) in [6.45, 7) is 0. The molecule has 2 aliphatic rings. The van der Waals surface area contributed by atoms with Gasteiger partial charge in [-0.2, -0.15) is 11.8 Å². The van der Waals surface area contributed by atoms with E-state index in [0.717, 1.165) is 4.90 Å². The molecule has 2 heterocycles. The highest BCUT2D eigenvalue weighted by Gasteiger charge is 2.48. The largest absolute Gasteiger partial charge is 0.548 e. The Morgan fingerprint density at radius 2 is 2.17 bits per heavy atom. The van der Waals surface area contributed by atoms with E-state index in [9.17, 15) is 19.5 Å². The van der Waals surface area contributed by atoms with Gasteiger partial charge >= 0.3 is 12.1 Å². The monoisotopic (exact) mass is 273 g/mol. The van der Waals surface area contributed by atoms with Crippen LogP contribution in [0.15, 0.2) is 0 Å². The Kier molecular flexibility index (Phi) is 3.50. The van der Waals surface area contributed by atoms with E-state index in [2.05, 4.69) is 16.0 Å². The van der Waals surface area contributed by atoms with Crippen LogP contribution in [0.3, 0.4) is 0 Å². The lowest BCUT2D eigenvalue weighted by Gasteiger charge is -2.31. The Morgan fingerprint density at radius 1 is 1.44 bits per heavy atom. The molecular formula is C9H13N4O4S-. The molecule has 2 aliphatic heterocycles. The van der Waals surface area contributed by atoms with Crippen molar-refractivity contribution in [2.75, 3.05) is 12.0 Å². The molecule has 0 spiro atoms. The summed E-state index contributed by atoms with van der Waals surface area (Å²) in [7, 11) is 0. The van der Waals surface area contributed by atoms with E-state index in [1.54, 1.807) is 0 Å². The van der Waals surface area contributed by atoms with Crippen molar-refractivity contribution in [2.24, 2.45) is 0 Å². The van der Waals surface area contributed by atoms with Gasteiger partial charge in [-0.05, 0) is 18.4 Å². The van der Waals surface area contributed by atoms with Gasteiger partial charge in [-0.15, -0.1) is 0 Å². The van der Waals surface area contributed by atoms with E-state index in [-0.39, 0.29) is 6.42 Å². The van der Waals surface area contributed by atoms with Crippen molar-refractivity contribution in [2.45, 2.75) is 24.8 Å². The number of carboxylic acid groups (broad SMARTS) is 1. The number of thioether (sulfide) groups is 1. The number of nitrogens with zero attached hydrogens (tertiary/aromatic N) is 1. The van der Waals surface area contributed by atoms with E-state index in [4.69, 9.17) is 0 Å². The van der Waals surface area contributed by atoms with Gasteiger partial charge in [0.15, 0.2) is 0 Å². The molecule has 0 radical (unpaired) electrons. The Bertz CT molecular complexity index is 391. The fraction of sp³-hybridized carbons (Fsp3) is 0.667. The first-order valence-electron chi connectivity index (χ1n) is 5.40. The standard InChI is InChI=1S/C9H14N4O4S/c1-18-3-2-4(7(14)15)13-6-5(11-9(13)17)10-8(16)12-6/h4-6H,2-3H2,1H3,(H,11,17)(H,14,15)(H2,10,12,16)/p-1/t4-,5+,6+/m1/s1. The summed E-state index contributed by atoms with van der Waals surface area (Å²) in [5.74, 6) is -0.734. The van der Waals surface area contributed by atoms with Crippen molar-refractivity contribution in [3.63, 3.8) is 0 Å². The van der Waals surface area contributed by atoms with Gasteiger partial charge in [0, 0.05) is 0 Å². The molecule has 3 N–H and O–H groups in total. The highest BCUT2D eigenvalue weighted by Crippen LogP contribution is 2.19. The van der Waals surface area contributed by atoms with Crippen molar-refractivity contribution >= 4 is 29.8 Å². The number of carboxylic acids is 1. The summed E-state index contributed by atoms with van der Waals surface area (Å²) >= 11 is 1.48. The Balaban J connectivity index is 2.15. The van der Waals surface area contributed by atoms with Crippen LogP contribution in [0.1, 0.15) is 6.42 Å². The lowest BCUT2D eigenvalue weighted by molar-refractivity contribution is -0.311. The Labute approximate surface area is 107 Å². The van der Waals surface area contributed by atoms with Crippen LogP contribution in [-0.4, -0.2) is 53.3 Å². The molecule has 9 heteroatoms. The molecule has 0 unspecified atom stereocenters. The van der Waals surface area contributed by atoms with Gasteiger partial charge in [-0.1, -0.05) is 0 Å². The minimum absolute atomic E-state index is 0.274. The fourth-order valence-corrected chi connectivity index (χ4v) is 2.55. The van der Waals surface area contributed by atoms with Gasteiger partial charge in [-0.3, -0.25) is 4.90 Å². The molecule has 0 saturated carbocycles. The molecule has 3 atom stereocenters. The molecule has 0 aromatic rings. The van der Waals surface area contributed by atoms with Crippen LogP contribution in [0.4, 0.5) is 9.59 Å². The summed E-state index contributed by atoms with van der Waals surface area (Å²) in [6.07, 6.45) is 0.838. The van der Waals surface area contributed by atoms with Crippen molar-refractivity contribution < 1.29 is 19.5 Å². The fourth-order valence-electron chi connectivity index (χ4n) is 2.09. The summed E-state index contributed by atoms with van der Waals surface area (Å²) in [5, 5.41) is 18.6. The second-order valence-corrected chi connectivity index (χ2v) is 5.00. The SMILES string of the molecule is CSCC[C@H](C(=O)[O-])N1C(=O)N[C@@H]2NC(=O)N[C@H]21. The molecule has 0 aromatic carbocycles. The van der Waals surface area contributed by atoms with Crippen LogP contribution in [0.25, 0.3) is 0 Å². The average Bonchev–Trinajstić information content (AvgIpc) is 2.76. The van der Waals surface area contributed by atoms with E-state index in [0.29, 0.717) is 5.75 Å². The third kappa shape index (κ3) is 2.17. The lowest BCUT2D eigenvalue weighted by Crippen LogP contribution is -2.55. The molecule has 8 nitrogen and oxygen atoms in total. The van der Waals surface area contributed by atoms with E-state index in [1.165, 1.54) is 11.8 Å². The normalized spacial score (nSPS) is 27.3. The molecule has 0 aliphatic carbocycles. The maximum absolute atomic E-state index is 11.7. The topological polar surface area (TPSA) is 114 Å². The summed E-state index contributed by atoms with van der Waals surface area (Å²) < 4.78 is 0. The number of carbonyl (C=O) groups is 3. The number of urea groups is 2. The predicted octanol–water partition coefficient (Wildman–Crippen LogP) is -2.15. The van der Waals surface area contributed by atoms with Crippen LogP contribution in [0, 0.1) is 0 Å². The van der Waals surface area contributed by atoms with Crippen LogP contribution in [-0.2, 0) is 4.79 Å². The van der Waals surface area contributed by atoms with Crippen LogP contribution < -0.4 is 21.1 Å². The zero-order valence-electron chi connectivity index (χ0n) is 9.63. The quantitative estimate of drug-likeness (QED) is 0.528. The first-order valence-corrected chi connectivity index (χ1v) is 6.79. The van der Waals surface area contributed by atoms with Crippen molar-refractivity contribution in [3.8, 4) is 0 Å². The zero-order chi connectivity index (χ0) is 13.3. The van der Waals surface area contributed by atoms with Crippen molar-refractivity contribution in [3.05, 3.63) is 0 Å². The number of aliphatic carboxylic acids is 1. The number of carbonyl (C=O) groups excluding carboxylic acids is 3. The maximum Gasteiger partial charge on any atom is 0.321 e. The molecule has 2 saturated heterocycles. The lowest BCUT2D eigenvalue weighted by atomic mass is 10.2. The second kappa shape index (κ2) is 4.92. The van der Waals surface area contributed by atoms with Crippen molar-refractivity contribution in [1.29, 1.82) is 0 Å². The van der Waals surface area contributed by atoms with Gasteiger partial charge in [0.05, 0.1) is 12.0 Å². The first kappa shape index (κ1) is 12.8. The van der Waals surface area contributed by atoms with Crippen LogP contribution in [0.5, 0.6) is 0 Å². The Morgan fingerprint density at radius 3 is 2.78 bits per heavy atom. The van der Waals surface area contributed by atoms with Crippen LogP contribution >= 0.6 is 11.8 Å². The highest BCUT2D eigenvalue weighted by molar-refractivity contribution is 7.98. The van der Waals surface area contributed by atoms with Crippen molar-refractivity contribution in [1.82, 2.24) is 20.9 Å². The molecule has 0 aromatic heterocycles. The number of hydrogen-bond acceptors (Lipinski definition) is 5. The molecule has 4 amide bonds. The van der Waals surface area contributed by atoms with Crippen LogP contribution in [0.2, 0.25) is 0 Å². The summed E-state index contributed by atoms with van der Waals surface area (Å²) in [6, 6.07) is -2.00. The molecular weight excluding hydrogens is 260 g/mol. The molecule has 2 rings (SSSR count). The van der Waals surface area contributed by atoms with Gasteiger partial charge in [0.1, 0.15) is 12.3 Å². The van der Waals surface area contributed by atoms with E-state index in [1.807, 2.05) is 6.26 Å². The van der Waals surface area contributed by atoms with Gasteiger partial charge in [0.25, 0.3) is 0 Å². The van der Waals surface area contributed by atoms with Gasteiger partial charge < -0.3 is 25.9 Å². The van der Waals surface area contributed by atoms with E-state index >= 15 is 0 Å². The average molecular weight is 273 g/mol. The third-order valence-electron chi connectivity index (χ3n) is 2.90. The van der Waals surface area contributed by atoms with E-state index < -0.39 is 36.4 Å². The minimum atomic E-state index is -1.32. The number of amides is 4. The van der Waals surface area contributed by atoms with Gasteiger partial charge in [0.2, 0.25) is 0 Å². The molecule has 2 fully saturated rings. The maximum atomic E-state index is 11.7. The van der Waals surface area contributed by atoms with Gasteiger partial charge in [-0.25, -0.2) is 9.59 Å². The number of hydrogen-bond donors (Lipinski definition) is 3. The molecule has 18 heavy (non-hydrogen) atoms. The minimum Gasteiger partial charge on any atom is -0.548 e. The second-order valence-electron chi connectivity index (χ2n) is 4.01. The smallest absolute Gasteiger partial charge is 0.321 e. The highest BCUT2D eigenvalue weighted by atomic mass is 32.2. The molecule has 0 bridgehead atoms. The summed E-state index contributed by atoms with van der Waals surface area (Å²) in [5.41, 5.74) is 0. The number of fused-ring (bicyclic) bond motifs is 1. The predicted molar refractivity (Wildman–Crippen MR) is 61.4 cm³/mol. The number of rotatable bonds is 5. The zero-order valence-corrected chi connectivity index (χ0v) is 10.5. The molecule has 100 valence electrons.